The minimum absolute atomic E-state index is 1.31. The van der Waals surface area contributed by atoms with Crippen molar-refractivity contribution in [2.24, 2.45) is 0 Å². The Morgan fingerprint density at radius 1 is 1.00 bits per heavy atom. The molecule has 0 aliphatic heterocycles. The third kappa shape index (κ3) is 6.21. The van der Waals surface area contributed by atoms with Crippen molar-refractivity contribution in [2.75, 3.05) is 0 Å². The summed E-state index contributed by atoms with van der Waals surface area (Å²) in [6.07, 6.45) is 12.9. The summed E-state index contributed by atoms with van der Waals surface area (Å²) in [4.78, 5) is 0. The van der Waals surface area contributed by atoms with E-state index in [1.54, 1.807) is 5.19 Å². The van der Waals surface area contributed by atoms with Gasteiger partial charge >= 0.3 is 0 Å². The van der Waals surface area contributed by atoms with Crippen LogP contribution in [-0.2, 0) is 0 Å². The zero-order valence-corrected chi connectivity index (χ0v) is 15.8. The first-order valence-electron chi connectivity index (χ1n) is 8.75. The Balaban J connectivity index is 2.66. The van der Waals surface area contributed by atoms with E-state index in [1.807, 2.05) is 0 Å². The van der Waals surface area contributed by atoms with Gasteiger partial charge in [-0.2, -0.15) is 0 Å². The molecule has 0 N–H and O–H groups in total. The second-order valence-corrected chi connectivity index (χ2v) is 11.8. The number of aryl methyl sites for hydroxylation is 1. The molecule has 1 heteroatoms. The maximum absolute atomic E-state index is 2.54. The Morgan fingerprint density at radius 3 is 2.33 bits per heavy atom. The normalized spacial score (nSPS) is 12.2. The van der Waals surface area contributed by atoms with Crippen LogP contribution in [0.1, 0.15) is 63.5 Å². The fourth-order valence-electron chi connectivity index (χ4n) is 3.06. The molecule has 21 heavy (non-hydrogen) atoms. The van der Waals surface area contributed by atoms with Gasteiger partial charge in [-0.15, -0.1) is 0 Å². The van der Waals surface area contributed by atoms with Crippen LogP contribution in [0, 0.1) is 6.92 Å². The molecule has 0 unspecified atom stereocenters. The highest BCUT2D eigenvalue weighted by molar-refractivity contribution is 6.90. The highest BCUT2D eigenvalue weighted by Gasteiger charge is 2.24. The number of unbranched alkanes of at least 4 members (excludes halogenated alkanes) is 5. The summed E-state index contributed by atoms with van der Waals surface area (Å²) >= 11 is 0. The first-order valence-corrected chi connectivity index (χ1v) is 12.0. The van der Waals surface area contributed by atoms with E-state index in [-0.39, 0.29) is 0 Å². The largest absolute Gasteiger partial charge is 0.0871 e. The van der Waals surface area contributed by atoms with Gasteiger partial charge in [0.05, 0.1) is 8.07 Å². The lowest BCUT2D eigenvalue weighted by Crippen LogP contribution is -2.42. The number of rotatable bonds is 9. The van der Waals surface area contributed by atoms with E-state index in [4.69, 9.17) is 0 Å². The molecule has 0 aliphatic rings. The van der Waals surface area contributed by atoms with Crippen molar-refractivity contribution in [3.05, 3.63) is 35.4 Å². The molecule has 0 nitrogen and oxygen atoms in total. The third-order valence-electron chi connectivity index (χ3n) is 4.44. The first kappa shape index (κ1) is 18.2. The van der Waals surface area contributed by atoms with Gasteiger partial charge in [-0.05, 0) is 19.4 Å². The van der Waals surface area contributed by atoms with Crippen LogP contribution in [0.3, 0.4) is 0 Å². The molecule has 0 saturated carbocycles. The van der Waals surface area contributed by atoms with E-state index >= 15 is 0 Å². The molecule has 0 saturated heterocycles. The lowest BCUT2D eigenvalue weighted by Gasteiger charge is -2.25. The van der Waals surface area contributed by atoms with Crippen molar-refractivity contribution in [3.63, 3.8) is 0 Å². The Hall–Kier alpha value is -0.823. The summed E-state index contributed by atoms with van der Waals surface area (Å²) in [6, 6.07) is 8.42. The first-order chi connectivity index (χ1) is 10.0. The van der Waals surface area contributed by atoms with E-state index in [0.29, 0.717) is 0 Å². The van der Waals surface area contributed by atoms with E-state index in [2.05, 4.69) is 64.2 Å². The highest BCUT2D eigenvalue weighted by atomic mass is 28.3. The van der Waals surface area contributed by atoms with Gasteiger partial charge in [-0.3, -0.25) is 0 Å². The van der Waals surface area contributed by atoms with Crippen molar-refractivity contribution >= 4 is 19.3 Å². The predicted molar refractivity (Wildman–Crippen MR) is 101 cm³/mol. The average molecular weight is 303 g/mol. The van der Waals surface area contributed by atoms with Crippen LogP contribution in [0.5, 0.6) is 0 Å². The Kier molecular flexibility index (Phi) is 8.03. The van der Waals surface area contributed by atoms with Gasteiger partial charge < -0.3 is 0 Å². The SMILES string of the molecule is CC=Cc1ccc(C)cc1[Si](C)(C)CCCCCCCC. The molecule has 0 spiro atoms. The lowest BCUT2D eigenvalue weighted by atomic mass is 10.1. The number of hydrogen-bond donors (Lipinski definition) is 0. The quantitative estimate of drug-likeness (QED) is 0.371. The number of hydrogen-bond acceptors (Lipinski definition) is 0. The van der Waals surface area contributed by atoms with E-state index < -0.39 is 8.07 Å². The van der Waals surface area contributed by atoms with Crippen LogP contribution < -0.4 is 5.19 Å². The Morgan fingerprint density at radius 2 is 1.67 bits per heavy atom. The van der Waals surface area contributed by atoms with Gasteiger partial charge in [0, 0.05) is 0 Å². The Labute approximate surface area is 133 Å². The molecular formula is C20H34Si. The molecule has 0 fully saturated rings. The van der Waals surface area contributed by atoms with Gasteiger partial charge in [0.25, 0.3) is 0 Å². The van der Waals surface area contributed by atoms with Crippen LogP contribution in [0.4, 0.5) is 0 Å². The second-order valence-electron chi connectivity index (χ2n) is 6.99. The summed E-state index contributed by atoms with van der Waals surface area (Å²) in [6.45, 7) is 11.7. The summed E-state index contributed by atoms with van der Waals surface area (Å²) in [5, 5.41) is 1.65. The average Bonchev–Trinajstić information content (AvgIpc) is 2.45. The van der Waals surface area contributed by atoms with E-state index in [9.17, 15) is 0 Å². The topological polar surface area (TPSA) is 0 Å². The molecule has 1 aromatic carbocycles. The van der Waals surface area contributed by atoms with Gasteiger partial charge in [0.1, 0.15) is 0 Å². The molecule has 0 heterocycles. The fraction of sp³-hybridized carbons (Fsp3) is 0.600. The minimum Gasteiger partial charge on any atom is -0.0871 e. The summed E-state index contributed by atoms with van der Waals surface area (Å²) in [5.41, 5.74) is 2.85. The fourth-order valence-corrected chi connectivity index (χ4v) is 6.03. The predicted octanol–water partition coefficient (Wildman–Crippen LogP) is 6.30. The summed E-state index contributed by atoms with van der Waals surface area (Å²) < 4.78 is 0. The van der Waals surface area contributed by atoms with Crippen LogP contribution in [0.15, 0.2) is 24.3 Å². The van der Waals surface area contributed by atoms with Crippen LogP contribution in [-0.4, -0.2) is 8.07 Å². The maximum Gasteiger partial charge on any atom is 0.0814 e. The zero-order valence-electron chi connectivity index (χ0n) is 14.8. The van der Waals surface area contributed by atoms with Crippen molar-refractivity contribution in [3.8, 4) is 0 Å². The molecule has 0 atom stereocenters. The minimum atomic E-state index is -1.31. The molecule has 118 valence electrons. The third-order valence-corrected chi connectivity index (χ3v) is 7.93. The molecule has 0 radical (unpaired) electrons. The van der Waals surface area contributed by atoms with Gasteiger partial charge in [0.15, 0.2) is 0 Å². The standard InChI is InChI=1S/C20H34Si/c1-6-8-9-10-11-12-16-21(4,5)20-17-18(3)14-15-19(20)13-7-2/h7,13-15,17H,6,8-12,16H2,1-5H3. The Bertz CT molecular complexity index is 443. The second kappa shape index (κ2) is 9.25. The van der Waals surface area contributed by atoms with Crippen molar-refractivity contribution in [1.29, 1.82) is 0 Å². The zero-order chi connectivity index (χ0) is 15.7. The molecular weight excluding hydrogens is 268 g/mol. The van der Waals surface area contributed by atoms with Gasteiger partial charge in [-0.1, -0.05) is 106 Å². The van der Waals surface area contributed by atoms with Crippen molar-refractivity contribution in [1.82, 2.24) is 0 Å². The molecule has 1 rings (SSSR count). The van der Waals surface area contributed by atoms with Crippen molar-refractivity contribution in [2.45, 2.75) is 78.4 Å². The van der Waals surface area contributed by atoms with Gasteiger partial charge in [0.2, 0.25) is 0 Å². The monoisotopic (exact) mass is 302 g/mol. The van der Waals surface area contributed by atoms with Crippen molar-refractivity contribution < 1.29 is 0 Å². The van der Waals surface area contributed by atoms with E-state index in [0.717, 1.165) is 0 Å². The number of allylic oxidation sites excluding steroid dienone is 1. The molecule has 1 aromatic rings. The molecule has 0 bridgehead atoms. The summed E-state index contributed by atoms with van der Waals surface area (Å²) in [7, 11) is -1.31. The lowest BCUT2D eigenvalue weighted by molar-refractivity contribution is 0.623. The van der Waals surface area contributed by atoms with Crippen LogP contribution >= 0.6 is 0 Å². The smallest absolute Gasteiger partial charge is 0.0814 e. The number of benzene rings is 1. The molecule has 0 aliphatic carbocycles. The van der Waals surface area contributed by atoms with Crippen LogP contribution in [0.25, 0.3) is 6.08 Å². The van der Waals surface area contributed by atoms with Gasteiger partial charge in [-0.25, -0.2) is 0 Å². The highest BCUT2D eigenvalue weighted by Crippen LogP contribution is 2.19. The van der Waals surface area contributed by atoms with E-state index in [1.165, 1.54) is 55.7 Å². The molecule has 0 aromatic heterocycles. The maximum atomic E-state index is 2.54. The van der Waals surface area contributed by atoms with Crippen LogP contribution in [0.2, 0.25) is 19.1 Å². The molecule has 0 amide bonds. The summed E-state index contributed by atoms with van der Waals surface area (Å²) in [5.74, 6) is 0.